The van der Waals surface area contributed by atoms with Crippen molar-refractivity contribution in [3.05, 3.63) is 23.8 Å². The Morgan fingerprint density at radius 3 is 2.55 bits per heavy atom. The predicted octanol–water partition coefficient (Wildman–Crippen LogP) is 1.89. The van der Waals surface area contributed by atoms with Crippen LogP contribution in [0.5, 0.6) is 11.5 Å². The minimum absolute atomic E-state index is 0.0331. The van der Waals surface area contributed by atoms with Crippen LogP contribution in [0.4, 0.5) is 0 Å². The van der Waals surface area contributed by atoms with Gasteiger partial charge in [0.05, 0.1) is 0 Å². The number of nitrogens with one attached hydrogen (secondary N) is 3. The number of carbonyl (C=O) groups is 2. The molecule has 8 nitrogen and oxygen atoms in total. The van der Waals surface area contributed by atoms with Gasteiger partial charge in [-0.15, -0.1) is 0 Å². The summed E-state index contributed by atoms with van der Waals surface area (Å²) in [6.45, 7) is 9.10. The lowest BCUT2D eigenvalue weighted by Crippen LogP contribution is -2.54. The average molecular weight is 449 g/mol. The van der Waals surface area contributed by atoms with Gasteiger partial charge in [0.15, 0.2) is 16.6 Å². The zero-order valence-corrected chi connectivity index (χ0v) is 19.2. The highest BCUT2D eigenvalue weighted by molar-refractivity contribution is 7.80. The number of benzene rings is 1. The Labute approximate surface area is 189 Å². The van der Waals surface area contributed by atoms with Crippen LogP contribution in [0, 0.1) is 11.8 Å². The van der Waals surface area contributed by atoms with Crippen LogP contribution < -0.4 is 25.4 Å². The van der Waals surface area contributed by atoms with Gasteiger partial charge < -0.3 is 30.3 Å². The van der Waals surface area contributed by atoms with E-state index in [4.69, 9.17) is 21.7 Å². The van der Waals surface area contributed by atoms with Gasteiger partial charge in [0.2, 0.25) is 12.7 Å². The van der Waals surface area contributed by atoms with E-state index in [-0.39, 0.29) is 24.5 Å². The third kappa shape index (κ3) is 6.00. The molecule has 1 fully saturated rings. The Morgan fingerprint density at radius 2 is 1.87 bits per heavy atom. The summed E-state index contributed by atoms with van der Waals surface area (Å²) >= 11 is 5.42. The highest BCUT2D eigenvalue weighted by Crippen LogP contribution is 2.32. The van der Waals surface area contributed by atoms with Crippen molar-refractivity contribution in [2.24, 2.45) is 11.8 Å². The lowest BCUT2D eigenvalue weighted by Gasteiger charge is -2.37. The molecule has 1 saturated heterocycles. The number of fused-ring (bicyclic) bond motifs is 1. The van der Waals surface area contributed by atoms with Gasteiger partial charge in [-0.2, -0.15) is 0 Å². The molecule has 3 rings (SSSR count). The molecule has 1 unspecified atom stereocenters. The number of rotatable bonds is 7. The van der Waals surface area contributed by atoms with Crippen molar-refractivity contribution in [2.45, 2.75) is 39.7 Å². The summed E-state index contributed by atoms with van der Waals surface area (Å²) in [5.74, 6) is 1.08. The molecule has 0 aliphatic carbocycles. The maximum Gasteiger partial charge on any atom is 0.252 e. The number of nitrogens with zero attached hydrogens (tertiary/aromatic N) is 1. The number of carbonyl (C=O) groups excluding carboxylic acids is 2. The molecule has 0 aromatic heterocycles. The topological polar surface area (TPSA) is 91.9 Å². The van der Waals surface area contributed by atoms with Crippen molar-refractivity contribution < 1.29 is 19.1 Å². The van der Waals surface area contributed by atoms with Crippen molar-refractivity contribution >= 4 is 29.1 Å². The third-order valence-electron chi connectivity index (χ3n) is 5.51. The molecule has 0 radical (unpaired) electrons. The van der Waals surface area contributed by atoms with E-state index in [2.05, 4.69) is 20.9 Å². The zero-order chi connectivity index (χ0) is 22.4. The van der Waals surface area contributed by atoms with Crippen LogP contribution in [0.2, 0.25) is 0 Å². The molecule has 0 bridgehead atoms. The SMILES string of the molecule is CCNC(=S)N1CCC(C(NC(=O)c2ccc3c(c2)OCO3)C(=O)NCC(C)C)CC1. The number of piperidine rings is 1. The fraction of sp³-hybridized carbons (Fsp3) is 0.591. The molecule has 2 aliphatic heterocycles. The third-order valence-corrected chi connectivity index (χ3v) is 5.92. The van der Waals surface area contributed by atoms with Crippen LogP contribution in [0.3, 0.4) is 0 Å². The Bertz CT molecular complexity index is 809. The predicted molar refractivity (Wildman–Crippen MR) is 122 cm³/mol. The monoisotopic (exact) mass is 448 g/mol. The number of ether oxygens (including phenoxy) is 2. The van der Waals surface area contributed by atoms with Crippen LogP contribution in [-0.4, -0.2) is 60.8 Å². The lowest BCUT2D eigenvalue weighted by molar-refractivity contribution is -0.124. The van der Waals surface area contributed by atoms with E-state index in [0.717, 1.165) is 37.6 Å². The molecule has 0 saturated carbocycles. The van der Waals surface area contributed by atoms with E-state index in [9.17, 15) is 9.59 Å². The Kier molecular flexibility index (Phi) is 7.95. The summed E-state index contributed by atoms with van der Waals surface area (Å²) in [5, 5.41) is 9.87. The number of hydrogen-bond donors (Lipinski definition) is 3. The quantitative estimate of drug-likeness (QED) is 0.549. The van der Waals surface area contributed by atoms with E-state index in [0.29, 0.717) is 29.5 Å². The normalized spacial score (nSPS) is 16.7. The maximum absolute atomic E-state index is 13.0. The van der Waals surface area contributed by atoms with Crippen LogP contribution >= 0.6 is 12.2 Å². The number of thiocarbonyl (C=S) groups is 1. The molecule has 1 aromatic carbocycles. The Morgan fingerprint density at radius 1 is 1.16 bits per heavy atom. The van der Waals surface area contributed by atoms with E-state index < -0.39 is 6.04 Å². The first-order valence-corrected chi connectivity index (χ1v) is 11.3. The van der Waals surface area contributed by atoms with Gasteiger partial charge in [0.25, 0.3) is 5.91 Å². The van der Waals surface area contributed by atoms with Gasteiger partial charge in [0, 0.05) is 31.7 Å². The van der Waals surface area contributed by atoms with E-state index in [1.54, 1.807) is 18.2 Å². The summed E-state index contributed by atoms with van der Waals surface area (Å²) in [7, 11) is 0. The second-order valence-corrected chi connectivity index (χ2v) is 8.70. The van der Waals surface area contributed by atoms with Gasteiger partial charge in [-0.05, 0) is 62.0 Å². The van der Waals surface area contributed by atoms with E-state index in [1.807, 2.05) is 20.8 Å². The minimum atomic E-state index is -0.605. The number of amides is 2. The van der Waals surface area contributed by atoms with Gasteiger partial charge >= 0.3 is 0 Å². The van der Waals surface area contributed by atoms with Crippen LogP contribution in [-0.2, 0) is 4.79 Å². The summed E-state index contributed by atoms with van der Waals surface area (Å²) in [6, 6.07) is 4.44. The summed E-state index contributed by atoms with van der Waals surface area (Å²) in [5.41, 5.74) is 0.441. The van der Waals surface area contributed by atoms with Crippen molar-refractivity contribution in [1.29, 1.82) is 0 Å². The number of hydrogen-bond acceptors (Lipinski definition) is 5. The average Bonchev–Trinajstić information content (AvgIpc) is 3.24. The van der Waals surface area contributed by atoms with E-state index >= 15 is 0 Å². The highest BCUT2D eigenvalue weighted by atomic mass is 32.1. The first kappa shape index (κ1) is 23.1. The van der Waals surface area contributed by atoms with Gasteiger partial charge in [-0.3, -0.25) is 9.59 Å². The minimum Gasteiger partial charge on any atom is -0.454 e. The number of likely N-dealkylation sites (tertiary alicyclic amines) is 1. The Balaban J connectivity index is 1.68. The molecular formula is C22H32N4O4S. The smallest absolute Gasteiger partial charge is 0.252 e. The first-order valence-electron chi connectivity index (χ1n) is 10.9. The largest absolute Gasteiger partial charge is 0.454 e. The lowest BCUT2D eigenvalue weighted by atomic mass is 9.88. The van der Waals surface area contributed by atoms with Gasteiger partial charge in [-0.1, -0.05) is 13.8 Å². The molecule has 9 heteroatoms. The fourth-order valence-corrected chi connectivity index (χ4v) is 4.10. The molecule has 1 aromatic rings. The van der Waals surface area contributed by atoms with E-state index in [1.165, 1.54) is 0 Å². The second kappa shape index (κ2) is 10.7. The van der Waals surface area contributed by atoms with Crippen LogP contribution in [0.25, 0.3) is 0 Å². The standard InChI is InChI=1S/C22H32N4O4S/c1-4-23-22(31)26-9-7-15(8-10-26)19(21(28)24-12-14(2)3)25-20(27)16-5-6-17-18(11-16)30-13-29-17/h5-6,11,14-15,19H,4,7-10,12-13H2,1-3H3,(H,23,31)(H,24,28)(H,25,27). The van der Waals surface area contributed by atoms with Crippen LogP contribution in [0.15, 0.2) is 18.2 Å². The molecular weight excluding hydrogens is 416 g/mol. The molecule has 3 N–H and O–H groups in total. The van der Waals surface area contributed by atoms with Crippen molar-refractivity contribution in [3.63, 3.8) is 0 Å². The van der Waals surface area contributed by atoms with Crippen molar-refractivity contribution in [2.75, 3.05) is 33.0 Å². The van der Waals surface area contributed by atoms with Gasteiger partial charge in [0.1, 0.15) is 6.04 Å². The van der Waals surface area contributed by atoms with Crippen molar-refractivity contribution in [3.8, 4) is 11.5 Å². The fourth-order valence-electron chi connectivity index (χ4n) is 3.77. The zero-order valence-electron chi connectivity index (χ0n) is 18.4. The summed E-state index contributed by atoms with van der Waals surface area (Å²) in [4.78, 5) is 28.1. The summed E-state index contributed by atoms with van der Waals surface area (Å²) < 4.78 is 10.7. The highest BCUT2D eigenvalue weighted by Gasteiger charge is 2.33. The molecule has 2 aliphatic rings. The molecule has 170 valence electrons. The molecule has 2 amide bonds. The molecule has 1 atom stereocenters. The maximum atomic E-state index is 13.0. The van der Waals surface area contributed by atoms with Gasteiger partial charge in [-0.25, -0.2) is 0 Å². The van der Waals surface area contributed by atoms with Crippen LogP contribution in [0.1, 0.15) is 44.0 Å². The molecule has 0 spiro atoms. The Hall–Kier alpha value is -2.55. The summed E-state index contributed by atoms with van der Waals surface area (Å²) in [6.07, 6.45) is 1.54. The molecule has 2 heterocycles. The first-order chi connectivity index (χ1) is 14.9. The molecule has 31 heavy (non-hydrogen) atoms. The second-order valence-electron chi connectivity index (χ2n) is 8.32. The van der Waals surface area contributed by atoms with Crippen molar-refractivity contribution in [1.82, 2.24) is 20.9 Å².